The van der Waals surface area contributed by atoms with Gasteiger partial charge in [-0.1, -0.05) is 24.3 Å². The molecule has 2 aromatic heterocycles. The molecule has 1 amide bonds. The fraction of sp³-hybridized carbons (Fsp3) is 0.222. The van der Waals surface area contributed by atoms with Gasteiger partial charge in [-0.25, -0.2) is 0 Å². The summed E-state index contributed by atoms with van der Waals surface area (Å²) in [7, 11) is 0. The van der Waals surface area contributed by atoms with Crippen molar-refractivity contribution in [3.8, 4) is 6.07 Å². The predicted octanol–water partition coefficient (Wildman–Crippen LogP) is 2.44. The molecule has 0 atom stereocenters. The van der Waals surface area contributed by atoms with Crippen LogP contribution in [0.3, 0.4) is 0 Å². The van der Waals surface area contributed by atoms with Crippen molar-refractivity contribution in [1.29, 1.82) is 5.26 Å². The zero-order valence-electron chi connectivity index (χ0n) is 12.5. The quantitative estimate of drug-likeness (QED) is 0.694. The number of hydrogen-bond acceptors (Lipinski definition) is 3. The molecule has 0 saturated carbocycles. The highest BCUT2D eigenvalue weighted by molar-refractivity contribution is 5.98. The summed E-state index contributed by atoms with van der Waals surface area (Å²) in [5.41, 5.74) is 2.76. The molecule has 0 unspecified atom stereocenters. The number of benzene rings is 1. The van der Waals surface area contributed by atoms with E-state index in [0.717, 1.165) is 16.4 Å². The Morgan fingerprint density at radius 3 is 2.65 bits per heavy atom. The second-order valence-electron chi connectivity index (χ2n) is 5.57. The summed E-state index contributed by atoms with van der Waals surface area (Å²) >= 11 is 0. The number of pyridine rings is 1. The highest BCUT2D eigenvalue weighted by Crippen LogP contribution is 2.24. The molecule has 5 nitrogen and oxygen atoms in total. The van der Waals surface area contributed by atoms with Gasteiger partial charge in [0, 0.05) is 13.1 Å². The number of carbonyl (C=O) groups is 1. The van der Waals surface area contributed by atoms with Gasteiger partial charge >= 0.3 is 0 Å². The molecule has 1 aliphatic heterocycles. The van der Waals surface area contributed by atoms with Crippen molar-refractivity contribution < 1.29 is 9.53 Å². The minimum absolute atomic E-state index is 0.0545. The monoisotopic (exact) mass is 305 g/mol. The Bertz CT molecular complexity index is 946. The number of nitriles is 1. The average molecular weight is 305 g/mol. The molecule has 0 spiro atoms. The number of hydrogen-bond donors (Lipinski definition) is 0. The fourth-order valence-corrected chi connectivity index (χ4v) is 3.13. The van der Waals surface area contributed by atoms with Gasteiger partial charge in [0.25, 0.3) is 5.91 Å². The Balaban J connectivity index is 1.96. The summed E-state index contributed by atoms with van der Waals surface area (Å²) in [6, 6.07) is 15.7. The second-order valence-corrected chi connectivity index (χ2v) is 5.57. The van der Waals surface area contributed by atoms with Crippen LogP contribution in [-0.4, -0.2) is 41.5 Å². The normalized spacial score (nSPS) is 15.0. The maximum atomic E-state index is 12.9. The molecule has 1 aliphatic rings. The Morgan fingerprint density at radius 1 is 1.09 bits per heavy atom. The molecular weight excluding hydrogens is 290 g/mol. The lowest BCUT2D eigenvalue weighted by Crippen LogP contribution is -2.41. The molecule has 0 bridgehead atoms. The van der Waals surface area contributed by atoms with E-state index < -0.39 is 0 Å². The van der Waals surface area contributed by atoms with E-state index in [-0.39, 0.29) is 5.91 Å². The molecule has 5 heteroatoms. The van der Waals surface area contributed by atoms with Crippen LogP contribution in [0.2, 0.25) is 0 Å². The number of amides is 1. The third-order valence-electron chi connectivity index (χ3n) is 4.28. The van der Waals surface area contributed by atoms with Gasteiger partial charge in [0.1, 0.15) is 11.8 Å². The number of aromatic nitrogens is 1. The maximum absolute atomic E-state index is 12.9. The van der Waals surface area contributed by atoms with Crippen LogP contribution in [0, 0.1) is 11.3 Å². The zero-order chi connectivity index (χ0) is 15.8. The van der Waals surface area contributed by atoms with Crippen molar-refractivity contribution in [2.75, 3.05) is 26.3 Å². The van der Waals surface area contributed by atoms with Crippen molar-refractivity contribution in [2.45, 2.75) is 0 Å². The molecule has 3 aromatic rings. The molecule has 1 saturated heterocycles. The summed E-state index contributed by atoms with van der Waals surface area (Å²) in [6.07, 6.45) is 0. The van der Waals surface area contributed by atoms with Crippen LogP contribution in [0.5, 0.6) is 0 Å². The minimum atomic E-state index is -0.0545. The molecule has 0 radical (unpaired) electrons. The molecule has 1 fully saturated rings. The van der Waals surface area contributed by atoms with Crippen LogP contribution >= 0.6 is 0 Å². The predicted molar refractivity (Wildman–Crippen MR) is 86.3 cm³/mol. The first kappa shape index (κ1) is 13.8. The summed E-state index contributed by atoms with van der Waals surface area (Å²) in [5, 5.41) is 10.4. The highest BCUT2D eigenvalue weighted by atomic mass is 16.5. The Kier molecular flexibility index (Phi) is 3.25. The number of morpholine rings is 1. The Morgan fingerprint density at radius 2 is 1.87 bits per heavy atom. The number of fused-ring (bicyclic) bond motifs is 3. The molecule has 1 aromatic carbocycles. The van der Waals surface area contributed by atoms with Crippen LogP contribution in [-0.2, 0) is 4.74 Å². The van der Waals surface area contributed by atoms with Gasteiger partial charge in [0.15, 0.2) is 0 Å². The molecule has 114 valence electrons. The van der Waals surface area contributed by atoms with E-state index in [2.05, 4.69) is 6.07 Å². The summed E-state index contributed by atoms with van der Waals surface area (Å²) in [6.45, 7) is 2.28. The zero-order valence-corrected chi connectivity index (χ0v) is 12.5. The van der Waals surface area contributed by atoms with Crippen LogP contribution < -0.4 is 0 Å². The Labute approximate surface area is 133 Å². The molecule has 4 rings (SSSR count). The number of para-hydroxylation sites is 1. The lowest BCUT2D eigenvalue weighted by Gasteiger charge is -2.26. The third-order valence-corrected chi connectivity index (χ3v) is 4.28. The first-order chi connectivity index (χ1) is 11.3. The van der Waals surface area contributed by atoms with Gasteiger partial charge in [-0.3, -0.25) is 4.79 Å². The second kappa shape index (κ2) is 5.41. The van der Waals surface area contributed by atoms with Crippen LogP contribution in [0.15, 0.2) is 42.5 Å². The maximum Gasteiger partial charge on any atom is 0.271 e. The van der Waals surface area contributed by atoms with E-state index in [1.807, 2.05) is 40.8 Å². The van der Waals surface area contributed by atoms with Gasteiger partial charge in [-0.15, -0.1) is 0 Å². The van der Waals surface area contributed by atoms with Gasteiger partial charge < -0.3 is 14.0 Å². The molecular formula is C18H15N3O2. The van der Waals surface area contributed by atoms with E-state index in [4.69, 9.17) is 4.74 Å². The van der Waals surface area contributed by atoms with Crippen molar-refractivity contribution in [2.24, 2.45) is 0 Å². The third kappa shape index (κ3) is 2.16. The van der Waals surface area contributed by atoms with Gasteiger partial charge in [-0.2, -0.15) is 5.26 Å². The molecule has 23 heavy (non-hydrogen) atoms. The van der Waals surface area contributed by atoms with Crippen molar-refractivity contribution in [3.05, 3.63) is 53.7 Å². The largest absolute Gasteiger partial charge is 0.378 e. The molecule has 3 heterocycles. The fourth-order valence-electron chi connectivity index (χ4n) is 3.13. The Hall–Kier alpha value is -2.84. The highest BCUT2D eigenvalue weighted by Gasteiger charge is 2.23. The van der Waals surface area contributed by atoms with E-state index in [0.29, 0.717) is 37.6 Å². The van der Waals surface area contributed by atoms with Gasteiger partial charge in [0.2, 0.25) is 0 Å². The van der Waals surface area contributed by atoms with E-state index >= 15 is 0 Å². The minimum Gasteiger partial charge on any atom is -0.378 e. The van der Waals surface area contributed by atoms with Crippen LogP contribution in [0.25, 0.3) is 16.4 Å². The number of carbonyl (C=O) groups excluding carboxylic acids is 1. The van der Waals surface area contributed by atoms with E-state index in [1.165, 1.54) is 0 Å². The van der Waals surface area contributed by atoms with E-state index in [9.17, 15) is 10.1 Å². The van der Waals surface area contributed by atoms with Crippen molar-refractivity contribution in [3.63, 3.8) is 0 Å². The first-order valence-electron chi connectivity index (χ1n) is 7.60. The molecule has 0 aliphatic carbocycles. The van der Waals surface area contributed by atoms with Gasteiger partial charge in [0.05, 0.1) is 29.8 Å². The van der Waals surface area contributed by atoms with E-state index in [1.54, 1.807) is 11.0 Å². The lowest BCUT2D eigenvalue weighted by atomic mass is 10.2. The molecule has 0 N–H and O–H groups in total. The van der Waals surface area contributed by atoms with Crippen LogP contribution in [0.1, 0.15) is 16.1 Å². The topological polar surface area (TPSA) is 57.7 Å². The first-order valence-corrected chi connectivity index (χ1v) is 7.60. The van der Waals surface area contributed by atoms with Gasteiger partial charge in [-0.05, 0) is 23.6 Å². The average Bonchev–Trinajstić information content (AvgIpc) is 3.01. The van der Waals surface area contributed by atoms with Crippen molar-refractivity contribution in [1.82, 2.24) is 9.30 Å². The smallest absolute Gasteiger partial charge is 0.271 e. The van der Waals surface area contributed by atoms with Crippen LogP contribution in [0.4, 0.5) is 0 Å². The SMILES string of the molecule is N#Cc1cc(C(=O)N2CCOCC2)n2c1ccc1ccccc12. The lowest BCUT2D eigenvalue weighted by molar-refractivity contribution is 0.0298. The number of nitrogens with zero attached hydrogens (tertiary/aromatic N) is 3. The number of rotatable bonds is 1. The van der Waals surface area contributed by atoms with Crippen molar-refractivity contribution >= 4 is 22.3 Å². The summed E-state index contributed by atoms with van der Waals surface area (Å²) in [4.78, 5) is 14.7. The summed E-state index contributed by atoms with van der Waals surface area (Å²) < 4.78 is 7.21. The standard InChI is InChI=1S/C18H15N3O2/c19-12-14-11-17(18(22)20-7-9-23-10-8-20)21-15-4-2-1-3-13(15)5-6-16(14)21/h1-6,11H,7-10H2. The summed E-state index contributed by atoms with van der Waals surface area (Å²) in [5.74, 6) is -0.0545. The number of ether oxygens (including phenoxy) is 1.